The van der Waals surface area contributed by atoms with Gasteiger partial charge in [0.25, 0.3) is 5.56 Å². The van der Waals surface area contributed by atoms with Gasteiger partial charge in [-0.15, -0.1) is 0 Å². The normalized spacial score (nSPS) is 10.8. The number of hydrogen-bond acceptors (Lipinski definition) is 5. The number of aliphatic carboxylic acids is 1. The average Bonchev–Trinajstić information content (AvgIpc) is 2.54. The van der Waals surface area contributed by atoms with Crippen molar-refractivity contribution in [2.75, 3.05) is 0 Å². The van der Waals surface area contributed by atoms with E-state index in [0.29, 0.717) is 6.07 Å². The van der Waals surface area contributed by atoms with Gasteiger partial charge >= 0.3 is 11.9 Å². The van der Waals surface area contributed by atoms with Gasteiger partial charge in [-0.05, 0) is 6.07 Å². The maximum atomic E-state index is 14.0. The fourth-order valence-electron chi connectivity index (χ4n) is 2.39. The lowest BCUT2D eigenvalue weighted by atomic mass is 9.97. The second kappa shape index (κ2) is 6.77. The third-order valence-corrected chi connectivity index (χ3v) is 3.53. The molecule has 0 fully saturated rings. The molecule has 1 heterocycles. The van der Waals surface area contributed by atoms with Crippen LogP contribution >= 0.6 is 0 Å². The van der Waals surface area contributed by atoms with E-state index in [9.17, 15) is 33.1 Å². The van der Waals surface area contributed by atoms with E-state index in [2.05, 4.69) is 0 Å². The van der Waals surface area contributed by atoms with Gasteiger partial charge in [0.15, 0.2) is 17.4 Å². The zero-order valence-electron chi connectivity index (χ0n) is 12.4. The van der Waals surface area contributed by atoms with Gasteiger partial charge in [0, 0.05) is 17.4 Å². The van der Waals surface area contributed by atoms with Crippen molar-refractivity contribution in [3.63, 3.8) is 0 Å². The fraction of sp³-hybridized carbons (Fsp3) is 0.200. The van der Waals surface area contributed by atoms with Crippen molar-refractivity contribution in [2.45, 2.75) is 19.4 Å². The molecule has 1 aromatic heterocycles. The smallest absolute Gasteiger partial charge is 0.338 e. The van der Waals surface area contributed by atoms with Crippen molar-refractivity contribution in [1.82, 2.24) is 4.98 Å². The lowest BCUT2D eigenvalue weighted by molar-refractivity contribution is -0.136. The first-order chi connectivity index (χ1) is 11.7. The number of carbonyl (C=O) groups is 3. The first kappa shape index (κ1) is 18.2. The number of aliphatic hydroxyl groups excluding tert-OH is 1. The molecule has 0 bridgehead atoms. The molecule has 2 aromatic rings. The number of pyridine rings is 1. The van der Waals surface area contributed by atoms with Crippen LogP contribution in [0.1, 0.15) is 39.1 Å². The van der Waals surface area contributed by atoms with Gasteiger partial charge in [0.1, 0.15) is 0 Å². The number of rotatable bonds is 6. The minimum atomic E-state index is -1.79. The molecule has 2 rings (SSSR count). The standard InChI is InChI=1S/C15H11F2NO7/c16-11-6(15(24)25)3-5-7(4-19)10(8(20)1-2-9(21)22)14(23)18-13(5)12(11)17/h3,19H,1-2,4H2,(H,18,23)(H,21,22)(H,24,25). The number of aromatic amines is 1. The molecular formula is C15H11F2NO7. The Balaban J connectivity index is 2.81. The number of nitrogens with one attached hydrogen (secondary N) is 1. The second-order valence-corrected chi connectivity index (χ2v) is 5.06. The molecule has 0 spiro atoms. The van der Waals surface area contributed by atoms with Gasteiger partial charge in [-0.1, -0.05) is 0 Å². The van der Waals surface area contributed by atoms with E-state index in [1.807, 2.05) is 4.98 Å². The highest BCUT2D eigenvalue weighted by atomic mass is 19.2. The molecule has 0 aliphatic heterocycles. The van der Waals surface area contributed by atoms with Crippen molar-refractivity contribution in [1.29, 1.82) is 0 Å². The summed E-state index contributed by atoms with van der Waals surface area (Å²) in [5.74, 6) is -7.36. The topological polar surface area (TPSA) is 145 Å². The van der Waals surface area contributed by atoms with Gasteiger partial charge in [-0.3, -0.25) is 14.4 Å². The Kier molecular flexibility index (Phi) is 4.93. The van der Waals surface area contributed by atoms with Crippen LogP contribution in [0, 0.1) is 11.6 Å². The van der Waals surface area contributed by atoms with E-state index in [-0.39, 0.29) is 5.39 Å². The highest BCUT2D eigenvalue weighted by Gasteiger charge is 2.25. The van der Waals surface area contributed by atoms with E-state index < -0.39 is 76.6 Å². The van der Waals surface area contributed by atoms with Crippen LogP contribution in [0.2, 0.25) is 0 Å². The van der Waals surface area contributed by atoms with Crippen molar-refractivity contribution in [2.24, 2.45) is 0 Å². The quantitative estimate of drug-likeness (QED) is 0.567. The Bertz CT molecular complexity index is 965. The van der Waals surface area contributed by atoms with E-state index in [0.717, 1.165) is 0 Å². The van der Waals surface area contributed by atoms with Crippen LogP contribution in [0.15, 0.2) is 10.9 Å². The van der Waals surface area contributed by atoms with Crippen LogP contribution < -0.4 is 5.56 Å². The third-order valence-electron chi connectivity index (χ3n) is 3.53. The molecule has 10 heteroatoms. The van der Waals surface area contributed by atoms with Crippen molar-refractivity contribution < 1.29 is 38.5 Å². The number of aromatic carboxylic acids is 1. The number of benzene rings is 1. The number of H-pyrrole nitrogens is 1. The summed E-state index contributed by atoms with van der Waals surface area (Å²) in [6.45, 7) is -0.946. The van der Waals surface area contributed by atoms with Crippen LogP contribution in [-0.4, -0.2) is 38.0 Å². The van der Waals surface area contributed by atoms with Crippen LogP contribution in [-0.2, 0) is 11.4 Å². The Labute approximate surface area is 137 Å². The Morgan fingerprint density at radius 3 is 2.24 bits per heavy atom. The number of halogens is 2. The van der Waals surface area contributed by atoms with Crippen molar-refractivity contribution in [3.8, 4) is 0 Å². The number of aliphatic hydroxyl groups is 1. The Hall–Kier alpha value is -3.14. The van der Waals surface area contributed by atoms with Gasteiger partial charge in [-0.2, -0.15) is 0 Å². The molecule has 0 aliphatic rings. The van der Waals surface area contributed by atoms with Gasteiger partial charge in [0.2, 0.25) is 0 Å². The molecule has 132 valence electrons. The third kappa shape index (κ3) is 3.24. The predicted octanol–water partition coefficient (Wildman–Crippen LogP) is 1.04. The number of aromatic nitrogens is 1. The number of hydrogen-bond donors (Lipinski definition) is 4. The summed E-state index contributed by atoms with van der Waals surface area (Å²) in [5.41, 5.74) is -3.93. The monoisotopic (exact) mass is 355 g/mol. The predicted molar refractivity (Wildman–Crippen MR) is 78.6 cm³/mol. The van der Waals surface area contributed by atoms with Crippen LogP contribution in [0.5, 0.6) is 0 Å². The van der Waals surface area contributed by atoms with E-state index >= 15 is 0 Å². The highest BCUT2D eigenvalue weighted by molar-refractivity contribution is 6.03. The number of carboxylic acid groups (broad SMARTS) is 2. The molecule has 0 saturated carbocycles. The summed E-state index contributed by atoms with van der Waals surface area (Å²) < 4.78 is 27.8. The number of Topliss-reactive ketones (excluding diaryl/α,β-unsaturated/α-hetero) is 1. The second-order valence-electron chi connectivity index (χ2n) is 5.06. The molecule has 0 radical (unpaired) electrons. The number of carbonyl (C=O) groups excluding carboxylic acids is 1. The first-order valence-electron chi connectivity index (χ1n) is 6.85. The van der Waals surface area contributed by atoms with Gasteiger partial charge < -0.3 is 20.3 Å². The molecule has 1 aromatic carbocycles. The van der Waals surface area contributed by atoms with Crippen LogP contribution in [0.25, 0.3) is 10.9 Å². The zero-order valence-corrected chi connectivity index (χ0v) is 12.4. The molecule has 0 aliphatic carbocycles. The lowest BCUT2D eigenvalue weighted by Gasteiger charge is -2.11. The van der Waals surface area contributed by atoms with E-state index in [1.54, 1.807) is 0 Å². The molecule has 0 saturated heterocycles. The summed E-state index contributed by atoms with van der Waals surface area (Å²) in [6, 6.07) is 0.686. The SMILES string of the molecule is O=C(O)CCC(=O)c1c(CO)c2cc(C(=O)O)c(F)c(F)c2[nH]c1=O. The molecule has 0 amide bonds. The molecule has 0 unspecified atom stereocenters. The van der Waals surface area contributed by atoms with E-state index in [1.165, 1.54) is 0 Å². The van der Waals surface area contributed by atoms with Crippen LogP contribution in [0.4, 0.5) is 8.78 Å². The minimum absolute atomic E-state index is 0.364. The summed E-state index contributed by atoms with van der Waals surface area (Å²) in [4.78, 5) is 47.6. The first-order valence-corrected chi connectivity index (χ1v) is 6.85. The summed E-state index contributed by atoms with van der Waals surface area (Å²) in [6.07, 6.45) is -1.15. The zero-order chi connectivity index (χ0) is 18.9. The molecule has 0 atom stereocenters. The fourth-order valence-corrected chi connectivity index (χ4v) is 2.39. The molecule has 8 nitrogen and oxygen atoms in total. The molecule has 25 heavy (non-hydrogen) atoms. The largest absolute Gasteiger partial charge is 0.481 e. The summed E-state index contributed by atoms with van der Waals surface area (Å²) in [7, 11) is 0. The van der Waals surface area contributed by atoms with Gasteiger partial charge in [-0.25, -0.2) is 13.6 Å². The van der Waals surface area contributed by atoms with E-state index in [4.69, 9.17) is 10.2 Å². The Morgan fingerprint density at radius 1 is 1.08 bits per heavy atom. The van der Waals surface area contributed by atoms with Gasteiger partial charge in [0.05, 0.1) is 29.7 Å². The average molecular weight is 355 g/mol. The number of fused-ring (bicyclic) bond motifs is 1. The number of ketones is 1. The molecular weight excluding hydrogens is 344 g/mol. The summed E-state index contributed by atoms with van der Waals surface area (Å²) in [5, 5.41) is 26.6. The minimum Gasteiger partial charge on any atom is -0.481 e. The number of carboxylic acids is 2. The summed E-state index contributed by atoms with van der Waals surface area (Å²) >= 11 is 0. The van der Waals surface area contributed by atoms with Crippen molar-refractivity contribution in [3.05, 3.63) is 44.7 Å². The maximum absolute atomic E-state index is 14.0. The van der Waals surface area contributed by atoms with Crippen molar-refractivity contribution >= 4 is 28.6 Å². The maximum Gasteiger partial charge on any atom is 0.338 e. The molecule has 4 N–H and O–H groups in total. The highest BCUT2D eigenvalue weighted by Crippen LogP contribution is 2.26. The Morgan fingerprint density at radius 2 is 1.72 bits per heavy atom. The lowest BCUT2D eigenvalue weighted by Crippen LogP contribution is -2.23. The van der Waals surface area contributed by atoms with Crippen LogP contribution in [0.3, 0.4) is 0 Å².